The van der Waals surface area contributed by atoms with Gasteiger partial charge >= 0.3 is 0 Å². The largest absolute Gasteiger partial charge is 0.384 e. The fraction of sp³-hybridized carbons (Fsp3) is 0.895. The first-order valence-corrected chi connectivity index (χ1v) is 9.34. The molecule has 2 aliphatic carbocycles. The first-order chi connectivity index (χ1) is 11.4. The molecule has 6 rings (SSSR count). The van der Waals surface area contributed by atoms with Crippen molar-refractivity contribution in [1.29, 1.82) is 0 Å². The summed E-state index contributed by atoms with van der Waals surface area (Å²) in [5.74, 6) is 0.374. The van der Waals surface area contributed by atoms with Crippen LogP contribution in [0.1, 0.15) is 33.1 Å². The van der Waals surface area contributed by atoms with Gasteiger partial charge in [0, 0.05) is 16.7 Å². The molecule has 5 nitrogen and oxygen atoms in total. The van der Waals surface area contributed by atoms with Crippen LogP contribution < -0.4 is 0 Å². The first-order valence-electron chi connectivity index (χ1n) is 9.34. The second kappa shape index (κ2) is 3.94. The predicted molar refractivity (Wildman–Crippen MR) is 84.2 cm³/mol. The van der Waals surface area contributed by atoms with Gasteiger partial charge in [-0.1, -0.05) is 19.1 Å². The van der Waals surface area contributed by atoms with E-state index in [0.29, 0.717) is 19.1 Å². The molecule has 2 spiro atoms. The van der Waals surface area contributed by atoms with Crippen LogP contribution in [0.4, 0.5) is 0 Å². The minimum absolute atomic E-state index is 0.0454. The lowest BCUT2D eigenvalue weighted by molar-refractivity contribution is -0.243. The number of fused-ring (bicyclic) bond motifs is 1. The van der Waals surface area contributed by atoms with Gasteiger partial charge in [-0.2, -0.15) is 0 Å². The van der Waals surface area contributed by atoms with Gasteiger partial charge in [-0.05, 0) is 32.1 Å². The molecule has 0 aromatic carbocycles. The van der Waals surface area contributed by atoms with E-state index in [1.807, 2.05) is 0 Å². The standard InChI is InChI=1S/C19H26O5/c1-10(2)12-6-13-17-7-14-19(20,11(3)8-22-14)18(17,9-23-13)24-15-16(12,17)4-5-21-15/h11-15,20H,1,4-9H2,2-3H3/t11-,12+,13?,14?,15?,16?,17?,18?,19-/m1/s1. The Bertz CT molecular complexity index is 650. The van der Waals surface area contributed by atoms with E-state index in [1.165, 1.54) is 5.57 Å². The molecule has 0 radical (unpaired) electrons. The zero-order chi connectivity index (χ0) is 16.5. The minimum atomic E-state index is -0.980. The number of hydrogen-bond acceptors (Lipinski definition) is 5. The minimum Gasteiger partial charge on any atom is -0.384 e. The number of hydrogen-bond donors (Lipinski definition) is 1. The van der Waals surface area contributed by atoms with Gasteiger partial charge < -0.3 is 24.1 Å². The van der Waals surface area contributed by atoms with Crippen molar-refractivity contribution in [2.24, 2.45) is 22.7 Å². The Kier molecular flexibility index (Phi) is 2.41. The molecule has 1 N–H and O–H groups in total. The molecule has 9 atom stereocenters. The summed E-state index contributed by atoms with van der Waals surface area (Å²) >= 11 is 0. The maximum Gasteiger partial charge on any atom is 0.165 e. The fourth-order valence-corrected chi connectivity index (χ4v) is 7.96. The average Bonchev–Trinajstić information content (AvgIpc) is 3.27. The highest BCUT2D eigenvalue weighted by Crippen LogP contribution is 2.83. The van der Waals surface area contributed by atoms with Crippen molar-refractivity contribution in [2.45, 2.75) is 62.8 Å². The van der Waals surface area contributed by atoms with Crippen molar-refractivity contribution in [3.05, 3.63) is 12.2 Å². The Labute approximate surface area is 142 Å². The fourth-order valence-electron chi connectivity index (χ4n) is 7.96. The van der Waals surface area contributed by atoms with Crippen LogP contribution in [0.3, 0.4) is 0 Å². The smallest absolute Gasteiger partial charge is 0.165 e. The molecular weight excluding hydrogens is 308 g/mol. The van der Waals surface area contributed by atoms with Crippen molar-refractivity contribution in [1.82, 2.24) is 0 Å². The molecular formula is C19H26O5. The molecule has 6 aliphatic rings. The summed E-state index contributed by atoms with van der Waals surface area (Å²) in [4.78, 5) is 0. The Balaban J connectivity index is 1.63. The molecule has 6 unspecified atom stereocenters. The van der Waals surface area contributed by atoms with Crippen LogP contribution >= 0.6 is 0 Å². The van der Waals surface area contributed by atoms with E-state index in [9.17, 15) is 5.11 Å². The summed E-state index contributed by atoms with van der Waals surface area (Å²) in [5, 5.41) is 11.9. The lowest BCUT2D eigenvalue weighted by Gasteiger charge is -2.45. The van der Waals surface area contributed by atoms with Gasteiger partial charge in [0.05, 0.1) is 32.0 Å². The third-order valence-corrected chi connectivity index (χ3v) is 8.71. The second-order valence-corrected chi connectivity index (χ2v) is 9.10. The van der Waals surface area contributed by atoms with Crippen LogP contribution in [-0.4, -0.2) is 54.6 Å². The third-order valence-electron chi connectivity index (χ3n) is 8.71. The highest BCUT2D eigenvalue weighted by molar-refractivity contribution is 5.41. The number of aliphatic hydroxyl groups is 1. The summed E-state index contributed by atoms with van der Waals surface area (Å²) in [6.45, 7) is 10.3. The Morgan fingerprint density at radius 3 is 2.83 bits per heavy atom. The van der Waals surface area contributed by atoms with E-state index < -0.39 is 11.2 Å². The van der Waals surface area contributed by atoms with Gasteiger partial charge in [0.25, 0.3) is 0 Å². The number of ether oxygens (including phenoxy) is 4. The van der Waals surface area contributed by atoms with Gasteiger partial charge in [-0.25, -0.2) is 0 Å². The quantitative estimate of drug-likeness (QED) is 0.739. The number of rotatable bonds is 1. The first kappa shape index (κ1) is 14.7. The molecule has 5 heteroatoms. The summed E-state index contributed by atoms with van der Waals surface area (Å²) < 4.78 is 25.2. The lowest BCUT2D eigenvalue weighted by atomic mass is 9.55. The van der Waals surface area contributed by atoms with E-state index in [4.69, 9.17) is 18.9 Å². The normalized spacial score (nSPS) is 65.7. The van der Waals surface area contributed by atoms with E-state index in [0.717, 1.165) is 25.9 Å². The molecule has 132 valence electrons. The summed E-state index contributed by atoms with van der Waals surface area (Å²) in [6, 6.07) is 0. The monoisotopic (exact) mass is 334 g/mol. The Morgan fingerprint density at radius 1 is 1.21 bits per heavy atom. The maximum absolute atomic E-state index is 11.9. The molecule has 6 fully saturated rings. The van der Waals surface area contributed by atoms with E-state index in [-0.39, 0.29) is 35.2 Å². The van der Waals surface area contributed by atoms with Crippen LogP contribution in [0, 0.1) is 22.7 Å². The predicted octanol–water partition coefficient (Wildman–Crippen LogP) is 1.64. The van der Waals surface area contributed by atoms with Gasteiger partial charge in [-0.15, -0.1) is 0 Å². The highest BCUT2D eigenvalue weighted by Gasteiger charge is 2.93. The van der Waals surface area contributed by atoms with Crippen molar-refractivity contribution in [3.8, 4) is 0 Å². The molecule has 4 heterocycles. The van der Waals surface area contributed by atoms with Crippen molar-refractivity contribution in [2.75, 3.05) is 19.8 Å². The SMILES string of the molecule is C=C(C)[C@@H]1CC2OCC34OC5OCCC51C23CC1OC[C@@H](C)[C@@]14O. The lowest BCUT2D eigenvalue weighted by Crippen LogP contribution is -2.63. The van der Waals surface area contributed by atoms with Crippen LogP contribution in [0.25, 0.3) is 0 Å². The molecule has 0 amide bonds. The van der Waals surface area contributed by atoms with E-state index in [2.05, 4.69) is 20.4 Å². The second-order valence-electron chi connectivity index (χ2n) is 9.10. The van der Waals surface area contributed by atoms with Crippen LogP contribution in [0.2, 0.25) is 0 Å². The van der Waals surface area contributed by atoms with Crippen LogP contribution in [-0.2, 0) is 18.9 Å². The molecule has 0 bridgehead atoms. The van der Waals surface area contributed by atoms with Crippen molar-refractivity contribution < 1.29 is 24.1 Å². The molecule has 4 aliphatic heterocycles. The topological polar surface area (TPSA) is 57.2 Å². The van der Waals surface area contributed by atoms with E-state index >= 15 is 0 Å². The number of allylic oxidation sites excluding steroid dienone is 1. The Morgan fingerprint density at radius 2 is 2.04 bits per heavy atom. The zero-order valence-electron chi connectivity index (χ0n) is 14.4. The van der Waals surface area contributed by atoms with Crippen LogP contribution in [0.15, 0.2) is 12.2 Å². The van der Waals surface area contributed by atoms with Crippen molar-refractivity contribution >= 4 is 0 Å². The van der Waals surface area contributed by atoms with Gasteiger partial charge in [-0.3, -0.25) is 0 Å². The molecule has 0 aromatic rings. The van der Waals surface area contributed by atoms with Gasteiger partial charge in [0.2, 0.25) is 0 Å². The van der Waals surface area contributed by atoms with Gasteiger partial charge in [0.15, 0.2) is 6.29 Å². The highest BCUT2D eigenvalue weighted by atomic mass is 16.7. The summed E-state index contributed by atoms with van der Waals surface area (Å²) in [6.07, 6.45) is 2.47. The zero-order valence-corrected chi connectivity index (χ0v) is 14.4. The van der Waals surface area contributed by atoms with Crippen molar-refractivity contribution in [3.63, 3.8) is 0 Å². The molecule has 4 saturated heterocycles. The molecule has 0 aromatic heterocycles. The van der Waals surface area contributed by atoms with E-state index in [1.54, 1.807) is 0 Å². The average molecular weight is 334 g/mol. The molecule has 2 saturated carbocycles. The summed E-state index contributed by atoms with van der Waals surface area (Å²) in [7, 11) is 0. The van der Waals surface area contributed by atoms with Crippen LogP contribution in [0.5, 0.6) is 0 Å². The summed E-state index contributed by atoms with van der Waals surface area (Å²) in [5.41, 5.74) is -0.815. The Hall–Kier alpha value is -0.460. The maximum atomic E-state index is 11.9. The third kappa shape index (κ3) is 1.06. The molecule has 24 heavy (non-hydrogen) atoms. The van der Waals surface area contributed by atoms with Gasteiger partial charge in [0.1, 0.15) is 11.2 Å².